The van der Waals surface area contributed by atoms with E-state index < -0.39 is 0 Å². The fourth-order valence-electron chi connectivity index (χ4n) is 2.89. The van der Waals surface area contributed by atoms with Gasteiger partial charge in [0.15, 0.2) is 11.4 Å². The molecule has 2 heterocycles. The summed E-state index contributed by atoms with van der Waals surface area (Å²) in [5, 5.41) is 4.84. The van der Waals surface area contributed by atoms with Gasteiger partial charge in [0, 0.05) is 23.7 Å². The van der Waals surface area contributed by atoms with Crippen LogP contribution in [0.15, 0.2) is 42.7 Å². The number of carbonyl (C=O) groups excluding carboxylic acids is 1. The summed E-state index contributed by atoms with van der Waals surface area (Å²) in [6.07, 6.45) is 4.75. The van der Waals surface area contributed by atoms with E-state index in [1.54, 1.807) is 16.9 Å². The van der Waals surface area contributed by atoms with Crippen molar-refractivity contribution in [1.29, 1.82) is 0 Å². The zero-order valence-electron chi connectivity index (χ0n) is 11.2. The molecule has 5 heteroatoms. The lowest BCUT2D eigenvalue weighted by Crippen LogP contribution is -2.21. The van der Waals surface area contributed by atoms with Gasteiger partial charge in [-0.1, -0.05) is 23.7 Å². The summed E-state index contributed by atoms with van der Waals surface area (Å²) < 4.78 is 1.65. The van der Waals surface area contributed by atoms with E-state index in [0.717, 1.165) is 23.3 Å². The van der Waals surface area contributed by atoms with Gasteiger partial charge in [-0.2, -0.15) is 5.10 Å². The third-order valence-corrected chi connectivity index (χ3v) is 4.23. The fraction of sp³-hybridized carbons (Fsp3) is 0.188. The number of rotatable bonds is 1. The van der Waals surface area contributed by atoms with Gasteiger partial charge in [0.2, 0.25) is 0 Å². The van der Waals surface area contributed by atoms with Crippen LogP contribution in [-0.4, -0.2) is 20.4 Å². The summed E-state index contributed by atoms with van der Waals surface area (Å²) in [5.41, 5.74) is 3.46. The maximum Gasteiger partial charge on any atom is 0.166 e. The largest absolute Gasteiger partial charge is 0.294 e. The Kier molecular flexibility index (Phi) is 2.79. The lowest BCUT2D eigenvalue weighted by molar-refractivity contribution is 0.0962. The van der Waals surface area contributed by atoms with Gasteiger partial charge in [-0.05, 0) is 30.0 Å². The number of benzene rings is 1. The number of aromatic nitrogens is 3. The van der Waals surface area contributed by atoms with Crippen LogP contribution in [0.1, 0.15) is 34.0 Å². The van der Waals surface area contributed by atoms with Crippen molar-refractivity contribution in [2.75, 3.05) is 0 Å². The Labute approximate surface area is 126 Å². The SMILES string of the molecule is O=C1CC(c2ccc(Cl)cc2)Cc2nc3ccnn3cc21. The summed E-state index contributed by atoms with van der Waals surface area (Å²) in [7, 11) is 0. The minimum atomic E-state index is 0.126. The molecule has 2 aromatic heterocycles. The number of Topliss-reactive ketones (excluding diaryl/α,β-unsaturated/α-hetero) is 1. The van der Waals surface area contributed by atoms with Gasteiger partial charge < -0.3 is 0 Å². The van der Waals surface area contributed by atoms with E-state index in [1.165, 1.54) is 0 Å². The number of hydrogen-bond donors (Lipinski definition) is 0. The summed E-state index contributed by atoms with van der Waals surface area (Å²) in [5.74, 6) is 0.293. The van der Waals surface area contributed by atoms with E-state index in [2.05, 4.69) is 10.1 Å². The first-order valence-electron chi connectivity index (χ1n) is 6.82. The van der Waals surface area contributed by atoms with Gasteiger partial charge in [0.1, 0.15) is 0 Å². The van der Waals surface area contributed by atoms with Crippen LogP contribution >= 0.6 is 11.6 Å². The second-order valence-corrected chi connectivity index (χ2v) is 5.75. The Hall–Kier alpha value is -2.20. The molecule has 1 aromatic carbocycles. The van der Waals surface area contributed by atoms with Crippen LogP contribution in [0.25, 0.3) is 5.65 Å². The summed E-state index contributed by atoms with van der Waals surface area (Å²) >= 11 is 5.92. The lowest BCUT2D eigenvalue weighted by atomic mass is 9.82. The molecule has 0 saturated heterocycles. The molecule has 1 aliphatic carbocycles. The van der Waals surface area contributed by atoms with Crippen molar-refractivity contribution in [3.63, 3.8) is 0 Å². The van der Waals surface area contributed by atoms with Crippen molar-refractivity contribution in [3.05, 3.63) is 64.6 Å². The smallest absolute Gasteiger partial charge is 0.166 e. The molecule has 21 heavy (non-hydrogen) atoms. The van der Waals surface area contributed by atoms with Crippen molar-refractivity contribution < 1.29 is 4.79 Å². The number of halogens is 1. The highest BCUT2D eigenvalue weighted by molar-refractivity contribution is 6.30. The van der Waals surface area contributed by atoms with Crippen LogP contribution < -0.4 is 0 Å². The van der Waals surface area contributed by atoms with Gasteiger partial charge in [0.05, 0.1) is 17.5 Å². The quantitative estimate of drug-likeness (QED) is 0.692. The average molecular weight is 298 g/mol. The van der Waals surface area contributed by atoms with E-state index in [-0.39, 0.29) is 11.7 Å². The van der Waals surface area contributed by atoms with Crippen LogP contribution in [0.5, 0.6) is 0 Å². The molecule has 104 valence electrons. The number of nitrogens with zero attached hydrogens (tertiary/aromatic N) is 3. The first kappa shape index (κ1) is 12.5. The second kappa shape index (κ2) is 4.67. The predicted octanol–water partition coefficient (Wildman–Crippen LogP) is 3.30. The van der Waals surface area contributed by atoms with Gasteiger partial charge >= 0.3 is 0 Å². The minimum absolute atomic E-state index is 0.126. The second-order valence-electron chi connectivity index (χ2n) is 5.32. The topological polar surface area (TPSA) is 47.3 Å². The number of fused-ring (bicyclic) bond motifs is 2. The Morgan fingerprint density at radius 3 is 2.76 bits per heavy atom. The highest BCUT2D eigenvalue weighted by Gasteiger charge is 2.28. The van der Waals surface area contributed by atoms with Crippen molar-refractivity contribution >= 4 is 23.0 Å². The average Bonchev–Trinajstić information content (AvgIpc) is 2.93. The van der Waals surface area contributed by atoms with Gasteiger partial charge in [-0.3, -0.25) is 4.79 Å². The highest BCUT2D eigenvalue weighted by atomic mass is 35.5. The van der Waals surface area contributed by atoms with Crippen LogP contribution in [0.2, 0.25) is 5.02 Å². The summed E-state index contributed by atoms with van der Waals surface area (Å²) in [6.45, 7) is 0. The summed E-state index contributed by atoms with van der Waals surface area (Å²) in [4.78, 5) is 17.0. The molecule has 0 spiro atoms. The molecule has 0 radical (unpaired) electrons. The third kappa shape index (κ3) is 2.12. The lowest BCUT2D eigenvalue weighted by Gasteiger charge is -2.23. The molecule has 1 unspecified atom stereocenters. The Morgan fingerprint density at radius 2 is 1.95 bits per heavy atom. The first-order valence-corrected chi connectivity index (χ1v) is 7.20. The molecule has 0 saturated carbocycles. The first-order chi connectivity index (χ1) is 10.2. The zero-order chi connectivity index (χ0) is 14.4. The van der Waals surface area contributed by atoms with Crippen LogP contribution in [0.3, 0.4) is 0 Å². The Bertz CT molecular complexity index is 838. The number of carbonyl (C=O) groups is 1. The molecule has 3 aromatic rings. The molecule has 1 atom stereocenters. The zero-order valence-corrected chi connectivity index (χ0v) is 11.9. The van der Waals surface area contributed by atoms with Gasteiger partial charge in [0.25, 0.3) is 0 Å². The highest BCUT2D eigenvalue weighted by Crippen LogP contribution is 2.32. The van der Waals surface area contributed by atoms with E-state index in [4.69, 9.17) is 11.6 Å². The van der Waals surface area contributed by atoms with Gasteiger partial charge in [-0.25, -0.2) is 9.50 Å². The van der Waals surface area contributed by atoms with Crippen LogP contribution in [0, 0.1) is 0 Å². The molecule has 0 fully saturated rings. The molecule has 0 bridgehead atoms. The molecular formula is C16H12ClN3O. The minimum Gasteiger partial charge on any atom is -0.294 e. The van der Waals surface area contributed by atoms with Crippen molar-refractivity contribution in [3.8, 4) is 0 Å². The maximum absolute atomic E-state index is 12.4. The van der Waals surface area contributed by atoms with Crippen LogP contribution in [-0.2, 0) is 6.42 Å². The Balaban J connectivity index is 1.76. The molecular weight excluding hydrogens is 286 g/mol. The number of hydrogen-bond acceptors (Lipinski definition) is 3. The van der Waals surface area contributed by atoms with Gasteiger partial charge in [-0.15, -0.1) is 0 Å². The van der Waals surface area contributed by atoms with E-state index in [1.807, 2.05) is 30.3 Å². The van der Waals surface area contributed by atoms with E-state index in [9.17, 15) is 4.79 Å². The van der Waals surface area contributed by atoms with Crippen molar-refractivity contribution in [2.24, 2.45) is 0 Å². The van der Waals surface area contributed by atoms with E-state index in [0.29, 0.717) is 17.0 Å². The van der Waals surface area contributed by atoms with Crippen LogP contribution in [0.4, 0.5) is 0 Å². The molecule has 4 rings (SSSR count). The monoisotopic (exact) mass is 297 g/mol. The maximum atomic E-state index is 12.4. The van der Waals surface area contributed by atoms with Crippen molar-refractivity contribution in [2.45, 2.75) is 18.8 Å². The molecule has 0 aliphatic heterocycles. The normalized spacial score (nSPS) is 18.0. The standard InChI is InChI=1S/C16H12ClN3O/c17-12-3-1-10(2-4-12)11-7-14-13(15(21)8-11)9-20-16(19-14)5-6-18-20/h1-6,9,11H,7-8H2. The fourth-order valence-corrected chi connectivity index (χ4v) is 3.02. The van der Waals surface area contributed by atoms with E-state index >= 15 is 0 Å². The predicted molar refractivity (Wildman–Crippen MR) is 79.8 cm³/mol. The third-order valence-electron chi connectivity index (χ3n) is 3.97. The molecule has 1 aliphatic rings. The Morgan fingerprint density at radius 1 is 1.14 bits per heavy atom. The molecule has 0 N–H and O–H groups in total. The van der Waals surface area contributed by atoms with Crippen molar-refractivity contribution in [1.82, 2.24) is 14.6 Å². The summed E-state index contributed by atoms with van der Waals surface area (Å²) in [6, 6.07) is 9.55. The molecule has 0 amide bonds. The molecule has 4 nitrogen and oxygen atoms in total. The number of ketones is 1.